The molecule has 2 aromatic carbocycles. The molecule has 3 aromatic rings. The predicted octanol–water partition coefficient (Wildman–Crippen LogP) is 2.66. The van der Waals surface area contributed by atoms with Crippen LogP contribution in [0.15, 0.2) is 47.3 Å². The number of fused-ring (bicyclic) bond motifs is 1. The summed E-state index contributed by atoms with van der Waals surface area (Å²) in [5.74, 6) is -0.0616. The van der Waals surface area contributed by atoms with Crippen LogP contribution in [0.25, 0.3) is 11.0 Å². The predicted molar refractivity (Wildman–Crippen MR) is 112 cm³/mol. The minimum Gasteiger partial charge on any atom is -0.369 e. The fraction of sp³-hybridized carbons (Fsp3) is 0.300. The van der Waals surface area contributed by atoms with Gasteiger partial charge in [0.15, 0.2) is 0 Å². The van der Waals surface area contributed by atoms with Crippen LogP contribution in [-0.4, -0.2) is 53.0 Å². The van der Waals surface area contributed by atoms with E-state index in [-0.39, 0.29) is 17.6 Å². The quantitative estimate of drug-likeness (QED) is 0.629. The van der Waals surface area contributed by atoms with Crippen molar-refractivity contribution in [1.29, 1.82) is 0 Å². The molecular formula is C20H22ClN5O2. The molecule has 8 heteroatoms. The van der Waals surface area contributed by atoms with Crippen molar-refractivity contribution in [2.24, 2.45) is 0 Å². The van der Waals surface area contributed by atoms with Crippen molar-refractivity contribution in [3.05, 3.63) is 58.0 Å². The van der Waals surface area contributed by atoms with Gasteiger partial charge in [-0.2, -0.15) is 0 Å². The minimum absolute atomic E-state index is 0.0616. The Bertz CT molecular complexity index is 1050. The van der Waals surface area contributed by atoms with Crippen LogP contribution in [0.5, 0.6) is 0 Å². The molecule has 0 unspecified atom stereocenters. The van der Waals surface area contributed by atoms with Crippen LogP contribution in [0.4, 0.5) is 11.4 Å². The molecule has 0 spiro atoms. The Hall–Kier alpha value is -2.77. The van der Waals surface area contributed by atoms with Gasteiger partial charge in [0.1, 0.15) is 0 Å². The summed E-state index contributed by atoms with van der Waals surface area (Å²) >= 11 is 6.09. The van der Waals surface area contributed by atoms with Gasteiger partial charge in [-0.15, -0.1) is 0 Å². The molecule has 1 saturated heterocycles. The first-order valence-corrected chi connectivity index (χ1v) is 9.65. The molecule has 7 nitrogen and oxygen atoms in total. The Morgan fingerprint density at radius 2 is 1.82 bits per heavy atom. The van der Waals surface area contributed by atoms with E-state index in [0.717, 1.165) is 36.9 Å². The highest BCUT2D eigenvalue weighted by Crippen LogP contribution is 2.22. The molecule has 0 saturated carbocycles. The summed E-state index contributed by atoms with van der Waals surface area (Å²) in [7, 11) is 0. The van der Waals surface area contributed by atoms with E-state index in [1.807, 2.05) is 25.1 Å². The summed E-state index contributed by atoms with van der Waals surface area (Å²) < 4.78 is 0. The van der Waals surface area contributed by atoms with Gasteiger partial charge in [0.05, 0.1) is 17.1 Å². The summed E-state index contributed by atoms with van der Waals surface area (Å²) in [6.45, 7) is 5.20. The molecular weight excluding hydrogens is 378 g/mol. The van der Waals surface area contributed by atoms with Crippen LogP contribution in [-0.2, 0) is 4.79 Å². The first-order chi connectivity index (χ1) is 13.5. The van der Waals surface area contributed by atoms with Crippen LogP contribution in [0.1, 0.15) is 6.92 Å². The maximum absolute atomic E-state index is 12.7. The molecule has 3 N–H and O–H groups in total. The number of hydrogen-bond acceptors (Lipinski definition) is 4. The van der Waals surface area contributed by atoms with Crippen LogP contribution in [0, 0.1) is 0 Å². The number of aromatic amines is 2. The number of H-pyrrole nitrogens is 2. The summed E-state index contributed by atoms with van der Waals surface area (Å²) in [6.07, 6.45) is 0. The summed E-state index contributed by atoms with van der Waals surface area (Å²) in [5.41, 5.74) is 2.90. The molecule has 2 heterocycles. The van der Waals surface area contributed by atoms with Crippen molar-refractivity contribution in [1.82, 2.24) is 14.9 Å². The first kappa shape index (κ1) is 18.6. The molecule has 1 aliphatic heterocycles. The molecule has 146 valence electrons. The molecule has 0 bridgehead atoms. The van der Waals surface area contributed by atoms with Crippen molar-refractivity contribution < 1.29 is 4.79 Å². The zero-order valence-corrected chi connectivity index (χ0v) is 16.3. The standard InChI is InChI=1S/C20H22ClN5O2/c1-13(19(27)22-15-5-6-17-18(12-15)24-20(28)23-17)25-7-9-26(10-8-25)16-4-2-3-14(21)11-16/h2-6,11-13H,7-10H2,1H3,(H,22,27)(H2,23,24,28)/t13-/m0/s1. The maximum atomic E-state index is 12.7. The Morgan fingerprint density at radius 1 is 1.07 bits per heavy atom. The lowest BCUT2D eigenvalue weighted by Gasteiger charge is -2.38. The van der Waals surface area contributed by atoms with Gasteiger partial charge in [-0.1, -0.05) is 17.7 Å². The fourth-order valence-corrected chi connectivity index (χ4v) is 3.75. The minimum atomic E-state index is -0.260. The summed E-state index contributed by atoms with van der Waals surface area (Å²) in [6, 6.07) is 12.9. The van der Waals surface area contributed by atoms with Crippen molar-refractivity contribution >= 4 is 39.9 Å². The van der Waals surface area contributed by atoms with Crippen LogP contribution >= 0.6 is 11.6 Å². The highest BCUT2D eigenvalue weighted by molar-refractivity contribution is 6.30. The molecule has 1 aromatic heterocycles. The number of nitrogens with zero attached hydrogens (tertiary/aromatic N) is 2. The second kappa shape index (κ2) is 7.69. The van der Waals surface area contributed by atoms with Gasteiger partial charge in [0.25, 0.3) is 0 Å². The zero-order valence-electron chi connectivity index (χ0n) is 15.5. The number of hydrogen-bond donors (Lipinski definition) is 3. The molecule has 4 rings (SSSR count). The van der Waals surface area contributed by atoms with Crippen LogP contribution in [0.3, 0.4) is 0 Å². The van der Waals surface area contributed by atoms with Gasteiger partial charge >= 0.3 is 5.69 Å². The highest BCUT2D eigenvalue weighted by Gasteiger charge is 2.26. The van der Waals surface area contributed by atoms with E-state index in [1.54, 1.807) is 18.2 Å². The third kappa shape index (κ3) is 3.90. The van der Waals surface area contributed by atoms with Crippen molar-refractivity contribution in [2.75, 3.05) is 36.4 Å². The van der Waals surface area contributed by atoms with E-state index < -0.39 is 0 Å². The number of anilines is 2. The lowest BCUT2D eigenvalue weighted by molar-refractivity contribution is -0.120. The fourth-order valence-electron chi connectivity index (χ4n) is 3.56. The number of carbonyl (C=O) groups excluding carboxylic acids is 1. The smallest absolute Gasteiger partial charge is 0.323 e. The molecule has 1 amide bonds. The van der Waals surface area contributed by atoms with Gasteiger partial charge in [0.2, 0.25) is 5.91 Å². The number of nitrogens with one attached hydrogen (secondary N) is 3. The number of imidazole rings is 1. The average Bonchev–Trinajstić information content (AvgIpc) is 3.07. The Kier molecular flexibility index (Phi) is 5.11. The normalized spacial score (nSPS) is 16.3. The van der Waals surface area contributed by atoms with E-state index in [1.165, 1.54) is 0 Å². The number of rotatable bonds is 4. The SMILES string of the molecule is C[C@@H](C(=O)Nc1ccc2[nH]c(=O)[nH]c2c1)N1CCN(c2cccc(Cl)c2)CC1. The third-order valence-electron chi connectivity index (χ3n) is 5.20. The average molecular weight is 400 g/mol. The van der Waals surface area contributed by atoms with Gasteiger partial charge in [-0.05, 0) is 43.3 Å². The van der Waals surface area contributed by atoms with Gasteiger partial charge < -0.3 is 20.2 Å². The second-order valence-corrected chi connectivity index (χ2v) is 7.44. The third-order valence-corrected chi connectivity index (χ3v) is 5.43. The number of carbonyl (C=O) groups is 1. The summed E-state index contributed by atoms with van der Waals surface area (Å²) in [4.78, 5) is 33.9. The molecule has 1 atom stereocenters. The van der Waals surface area contributed by atoms with Crippen LogP contribution in [0.2, 0.25) is 5.02 Å². The summed E-state index contributed by atoms with van der Waals surface area (Å²) in [5, 5.41) is 3.67. The van der Waals surface area contributed by atoms with E-state index in [9.17, 15) is 9.59 Å². The molecule has 28 heavy (non-hydrogen) atoms. The number of piperazine rings is 1. The van der Waals surface area contributed by atoms with E-state index in [0.29, 0.717) is 16.7 Å². The Balaban J connectivity index is 1.36. The molecule has 0 aliphatic carbocycles. The monoisotopic (exact) mass is 399 g/mol. The van der Waals surface area contributed by atoms with Crippen LogP contribution < -0.4 is 15.9 Å². The first-order valence-electron chi connectivity index (χ1n) is 9.27. The number of amides is 1. The number of benzene rings is 2. The van der Waals surface area contributed by atoms with Crippen molar-refractivity contribution in [2.45, 2.75) is 13.0 Å². The van der Waals surface area contributed by atoms with E-state index in [2.05, 4.69) is 31.2 Å². The Morgan fingerprint density at radius 3 is 2.57 bits per heavy atom. The van der Waals surface area contributed by atoms with Gasteiger partial charge in [-0.25, -0.2) is 4.79 Å². The molecule has 1 aliphatic rings. The topological polar surface area (TPSA) is 84.2 Å². The van der Waals surface area contributed by atoms with Gasteiger partial charge in [0, 0.05) is 42.6 Å². The van der Waals surface area contributed by atoms with E-state index >= 15 is 0 Å². The zero-order chi connectivity index (χ0) is 19.7. The Labute approximate surface area is 167 Å². The lowest BCUT2D eigenvalue weighted by Crippen LogP contribution is -2.52. The van der Waals surface area contributed by atoms with E-state index in [4.69, 9.17) is 11.6 Å². The largest absolute Gasteiger partial charge is 0.369 e. The molecule has 1 fully saturated rings. The number of halogens is 1. The highest BCUT2D eigenvalue weighted by atomic mass is 35.5. The number of aromatic nitrogens is 2. The van der Waals surface area contributed by atoms with Crippen molar-refractivity contribution in [3.63, 3.8) is 0 Å². The molecule has 0 radical (unpaired) electrons. The lowest BCUT2D eigenvalue weighted by atomic mass is 10.2. The maximum Gasteiger partial charge on any atom is 0.323 e. The van der Waals surface area contributed by atoms with Gasteiger partial charge in [-0.3, -0.25) is 9.69 Å². The van der Waals surface area contributed by atoms with Crippen molar-refractivity contribution in [3.8, 4) is 0 Å². The second-order valence-electron chi connectivity index (χ2n) is 7.01.